The van der Waals surface area contributed by atoms with Gasteiger partial charge in [0.05, 0.1) is 11.4 Å². The predicted molar refractivity (Wildman–Crippen MR) is 92.9 cm³/mol. The molecule has 1 aliphatic rings. The second-order valence-corrected chi connectivity index (χ2v) is 6.02. The molecule has 3 aromatic rings. The van der Waals surface area contributed by atoms with Crippen molar-refractivity contribution in [3.05, 3.63) is 70.7 Å². The van der Waals surface area contributed by atoms with Crippen molar-refractivity contribution in [3.63, 3.8) is 0 Å². The lowest BCUT2D eigenvalue weighted by atomic mass is 10.1. The van der Waals surface area contributed by atoms with Crippen LogP contribution < -0.4 is 5.32 Å². The number of carbonyl (C=O) groups is 1. The minimum Gasteiger partial charge on any atom is -0.320 e. The van der Waals surface area contributed by atoms with E-state index in [1.165, 1.54) is 0 Å². The third-order valence-corrected chi connectivity index (χ3v) is 4.19. The van der Waals surface area contributed by atoms with Crippen LogP contribution in [-0.2, 0) is 4.79 Å². The maximum absolute atomic E-state index is 12.2. The first-order valence-electron chi connectivity index (χ1n) is 6.90. The Morgan fingerprint density at radius 1 is 0.955 bits per heavy atom. The average Bonchev–Trinajstić information content (AvgIpc) is 2.83. The highest BCUT2D eigenvalue weighted by molar-refractivity contribution is 9.10. The number of carbonyl (C=O) groups excluding carboxylic acids is 1. The van der Waals surface area contributed by atoms with E-state index in [0.29, 0.717) is 5.71 Å². The Morgan fingerprint density at radius 2 is 1.77 bits per heavy atom. The molecule has 0 unspecified atom stereocenters. The van der Waals surface area contributed by atoms with Crippen LogP contribution in [0.3, 0.4) is 0 Å². The maximum atomic E-state index is 12.2. The molecule has 0 aliphatic carbocycles. The first-order valence-corrected chi connectivity index (χ1v) is 7.69. The molecule has 106 valence electrons. The summed E-state index contributed by atoms with van der Waals surface area (Å²) in [6.45, 7) is 0. The molecular formula is C18H11BrN2O. The number of rotatable bonds is 1. The second-order valence-electron chi connectivity index (χ2n) is 5.10. The van der Waals surface area contributed by atoms with E-state index >= 15 is 0 Å². The van der Waals surface area contributed by atoms with Crippen LogP contribution in [-0.4, -0.2) is 11.6 Å². The third kappa shape index (κ3) is 2.12. The zero-order valence-electron chi connectivity index (χ0n) is 11.5. The molecule has 1 amide bonds. The summed E-state index contributed by atoms with van der Waals surface area (Å²) in [5.74, 6) is -0.166. The zero-order valence-corrected chi connectivity index (χ0v) is 13.1. The molecule has 3 nitrogen and oxygen atoms in total. The fourth-order valence-electron chi connectivity index (χ4n) is 2.66. The van der Waals surface area contributed by atoms with Crippen LogP contribution >= 0.6 is 15.9 Å². The van der Waals surface area contributed by atoms with Crippen molar-refractivity contribution in [2.75, 3.05) is 5.32 Å². The Hall–Kier alpha value is -2.46. The Labute approximate surface area is 135 Å². The van der Waals surface area contributed by atoms with E-state index in [9.17, 15) is 4.79 Å². The summed E-state index contributed by atoms with van der Waals surface area (Å²) in [6.07, 6.45) is 0. The number of hydrogen-bond acceptors (Lipinski definition) is 2. The molecule has 0 fully saturated rings. The Morgan fingerprint density at radius 3 is 2.68 bits per heavy atom. The number of hydrogen-bond donors (Lipinski definition) is 1. The first-order chi connectivity index (χ1) is 10.7. The summed E-state index contributed by atoms with van der Waals surface area (Å²) in [5, 5.41) is 5.00. The maximum Gasteiger partial charge on any atom is 0.275 e. The van der Waals surface area contributed by atoms with Crippen LogP contribution in [0.15, 0.2) is 70.1 Å². The molecule has 0 aromatic heterocycles. The molecule has 1 N–H and O–H groups in total. The van der Waals surface area contributed by atoms with Gasteiger partial charge in [0.25, 0.3) is 5.91 Å². The van der Waals surface area contributed by atoms with Crippen molar-refractivity contribution >= 4 is 49.7 Å². The zero-order chi connectivity index (χ0) is 15.1. The van der Waals surface area contributed by atoms with Gasteiger partial charge in [0.2, 0.25) is 0 Å². The summed E-state index contributed by atoms with van der Waals surface area (Å²) in [4.78, 5) is 16.9. The molecule has 4 heteroatoms. The van der Waals surface area contributed by atoms with E-state index in [0.717, 1.165) is 32.2 Å². The van der Waals surface area contributed by atoms with E-state index in [-0.39, 0.29) is 5.91 Å². The van der Waals surface area contributed by atoms with Gasteiger partial charge in [-0.2, -0.15) is 0 Å². The van der Waals surface area contributed by atoms with Gasteiger partial charge in [0, 0.05) is 15.4 Å². The van der Waals surface area contributed by atoms with Gasteiger partial charge < -0.3 is 5.32 Å². The Kier molecular flexibility index (Phi) is 3.05. The number of benzene rings is 3. The van der Waals surface area contributed by atoms with Crippen LogP contribution in [0.1, 0.15) is 5.56 Å². The molecule has 22 heavy (non-hydrogen) atoms. The fraction of sp³-hybridized carbons (Fsp3) is 0. The number of nitrogens with zero attached hydrogens (tertiary/aromatic N) is 1. The smallest absolute Gasteiger partial charge is 0.275 e. The molecule has 3 aromatic carbocycles. The van der Waals surface area contributed by atoms with Crippen molar-refractivity contribution in [2.24, 2.45) is 4.99 Å². The van der Waals surface area contributed by atoms with Crippen molar-refractivity contribution < 1.29 is 4.79 Å². The molecule has 0 atom stereocenters. The molecule has 0 saturated carbocycles. The number of fused-ring (bicyclic) bond motifs is 2. The number of nitrogens with one attached hydrogen (secondary N) is 1. The number of amides is 1. The lowest BCUT2D eigenvalue weighted by Crippen LogP contribution is -2.13. The summed E-state index contributed by atoms with van der Waals surface area (Å²) in [5.41, 5.74) is 2.88. The van der Waals surface area contributed by atoms with Crippen LogP contribution in [0.5, 0.6) is 0 Å². The minimum absolute atomic E-state index is 0.166. The summed E-state index contributed by atoms with van der Waals surface area (Å²) in [6, 6.07) is 19.6. The van der Waals surface area contributed by atoms with Gasteiger partial charge in [-0.15, -0.1) is 0 Å². The van der Waals surface area contributed by atoms with E-state index < -0.39 is 0 Å². The normalized spacial score (nSPS) is 15.1. The van der Waals surface area contributed by atoms with Crippen LogP contribution in [0.25, 0.3) is 10.8 Å². The minimum atomic E-state index is -0.166. The van der Waals surface area contributed by atoms with E-state index in [4.69, 9.17) is 0 Å². The molecule has 0 saturated heterocycles. The molecule has 0 spiro atoms. The van der Waals surface area contributed by atoms with Gasteiger partial charge in [-0.1, -0.05) is 52.3 Å². The molecule has 0 bridgehead atoms. The highest BCUT2D eigenvalue weighted by atomic mass is 79.9. The second kappa shape index (κ2) is 5.07. The van der Waals surface area contributed by atoms with Gasteiger partial charge in [0.15, 0.2) is 0 Å². The number of anilines is 1. The molecule has 1 aliphatic heterocycles. The van der Waals surface area contributed by atoms with E-state index in [2.05, 4.69) is 26.2 Å². The van der Waals surface area contributed by atoms with Gasteiger partial charge in [-0.3, -0.25) is 4.79 Å². The predicted octanol–water partition coefficient (Wildman–Crippen LogP) is 4.68. The van der Waals surface area contributed by atoms with Crippen LogP contribution in [0, 0.1) is 0 Å². The average molecular weight is 351 g/mol. The topological polar surface area (TPSA) is 41.5 Å². The SMILES string of the molecule is O=C1Nc2ccc(Br)cc2C1=Nc1cccc2ccccc12. The lowest BCUT2D eigenvalue weighted by Gasteiger charge is -2.03. The quantitative estimate of drug-likeness (QED) is 0.680. The van der Waals surface area contributed by atoms with Crippen molar-refractivity contribution in [2.45, 2.75) is 0 Å². The largest absolute Gasteiger partial charge is 0.320 e. The standard InChI is InChI=1S/C18H11BrN2O/c19-12-8-9-16-14(10-12)17(18(22)21-16)20-15-7-3-5-11-4-1-2-6-13(11)15/h1-10H,(H,20,21,22). The molecular weight excluding hydrogens is 340 g/mol. The summed E-state index contributed by atoms with van der Waals surface area (Å²) in [7, 11) is 0. The van der Waals surface area contributed by atoms with Gasteiger partial charge >= 0.3 is 0 Å². The third-order valence-electron chi connectivity index (χ3n) is 3.70. The van der Waals surface area contributed by atoms with Gasteiger partial charge in [-0.05, 0) is 29.7 Å². The summed E-state index contributed by atoms with van der Waals surface area (Å²) >= 11 is 3.44. The number of halogens is 1. The van der Waals surface area contributed by atoms with Crippen LogP contribution in [0.2, 0.25) is 0 Å². The Bertz CT molecular complexity index is 941. The number of aliphatic imine (C=N–C) groups is 1. The Balaban J connectivity index is 1.93. The van der Waals surface area contributed by atoms with E-state index in [1.54, 1.807) is 0 Å². The van der Waals surface area contributed by atoms with E-state index in [1.807, 2.05) is 60.7 Å². The van der Waals surface area contributed by atoms with Crippen molar-refractivity contribution in [1.82, 2.24) is 0 Å². The molecule has 4 rings (SSSR count). The highest BCUT2D eigenvalue weighted by Crippen LogP contribution is 2.31. The van der Waals surface area contributed by atoms with Crippen molar-refractivity contribution in [1.29, 1.82) is 0 Å². The molecule has 0 radical (unpaired) electrons. The van der Waals surface area contributed by atoms with Crippen molar-refractivity contribution in [3.8, 4) is 0 Å². The summed E-state index contributed by atoms with van der Waals surface area (Å²) < 4.78 is 0.924. The monoisotopic (exact) mass is 350 g/mol. The van der Waals surface area contributed by atoms with Gasteiger partial charge in [0.1, 0.15) is 5.71 Å². The van der Waals surface area contributed by atoms with Crippen LogP contribution in [0.4, 0.5) is 11.4 Å². The van der Waals surface area contributed by atoms with Gasteiger partial charge in [-0.25, -0.2) is 4.99 Å². The lowest BCUT2D eigenvalue weighted by molar-refractivity contribution is -0.110. The highest BCUT2D eigenvalue weighted by Gasteiger charge is 2.26. The first kappa shape index (κ1) is 13.2. The molecule has 1 heterocycles. The fourth-order valence-corrected chi connectivity index (χ4v) is 3.02.